The average molecular weight is 446 g/mol. The number of carbonyl (C=O) groups is 2. The topological polar surface area (TPSA) is 86.9 Å². The number of thiophene rings is 1. The molecule has 10 heteroatoms. The van der Waals surface area contributed by atoms with Crippen molar-refractivity contribution in [2.24, 2.45) is 0 Å². The van der Waals surface area contributed by atoms with Crippen molar-refractivity contribution in [1.29, 1.82) is 0 Å². The number of carbonyl (C=O) groups excluding carboxylic acids is 1. The molecule has 2 N–H and O–H groups in total. The van der Waals surface area contributed by atoms with Gasteiger partial charge in [-0.25, -0.2) is 18.6 Å². The lowest BCUT2D eigenvalue weighted by atomic mass is 9.96. The molecule has 3 aromatic rings. The molecule has 4 heterocycles. The molecule has 0 spiro atoms. The van der Waals surface area contributed by atoms with E-state index in [0.29, 0.717) is 17.0 Å². The fourth-order valence-electron chi connectivity index (χ4n) is 3.92. The van der Waals surface area contributed by atoms with Crippen molar-refractivity contribution in [2.45, 2.75) is 39.3 Å². The van der Waals surface area contributed by atoms with Gasteiger partial charge in [-0.05, 0) is 38.8 Å². The van der Waals surface area contributed by atoms with Crippen LogP contribution in [0.3, 0.4) is 0 Å². The smallest absolute Gasteiger partial charge is 0.408 e. The molecule has 3 aromatic heterocycles. The van der Waals surface area contributed by atoms with Crippen molar-refractivity contribution in [2.75, 3.05) is 5.32 Å². The Morgan fingerprint density at radius 1 is 1.23 bits per heavy atom. The summed E-state index contributed by atoms with van der Waals surface area (Å²) in [5.74, 6) is -1.97. The fraction of sp³-hybridized carbons (Fsp3) is 0.286. The highest BCUT2D eigenvalue weighted by atomic mass is 32.1. The molecule has 162 valence electrons. The monoisotopic (exact) mass is 446 g/mol. The average Bonchev–Trinajstić information content (AvgIpc) is 3.23. The number of rotatable bonds is 3. The van der Waals surface area contributed by atoms with Crippen molar-refractivity contribution in [3.05, 3.63) is 57.7 Å². The van der Waals surface area contributed by atoms with E-state index < -0.39 is 23.6 Å². The summed E-state index contributed by atoms with van der Waals surface area (Å²) in [4.78, 5) is 29.9. The van der Waals surface area contributed by atoms with Crippen LogP contribution < -0.4 is 5.32 Å². The Hall–Kier alpha value is -3.27. The quantitative estimate of drug-likeness (QED) is 0.606. The maximum Gasteiger partial charge on any atom is 0.408 e. The van der Waals surface area contributed by atoms with Crippen LogP contribution in [-0.4, -0.2) is 43.5 Å². The van der Waals surface area contributed by atoms with E-state index in [-0.39, 0.29) is 28.3 Å². The number of carboxylic acid groups (broad SMARTS) is 1. The molecule has 0 fully saturated rings. The number of hydrogen-bond acceptors (Lipinski definition) is 4. The predicted molar refractivity (Wildman–Crippen MR) is 113 cm³/mol. The molecule has 1 aliphatic rings. The third kappa shape index (κ3) is 3.90. The molecule has 0 bridgehead atoms. The number of aryl methyl sites for hydroxylation is 1. The van der Waals surface area contributed by atoms with Crippen molar-refractivity contribution in [3.63, 3.8) is 0 Å². The van der Waals surface area contributed by atoms with E-state index in [4.69, 9.17) is 0 Å². The second kappa shape index (κ2) is 7.77. The van der Waals surface area contributed by atoms with Crippen molar-refractivity contribution >= 4 is 40.2 Å². The summed E-state index contributed by atoms with van der Waals surface area (Å²) in [6.07, 6.45) is 4.31. The molecule has 2 atom stereocenters. The SMILES string of the molecule is Cc1cn2cc(NC(=O)c3sc(C4=C[C@@H](C)N(C(=O)O)[C@@H](C)C4)cc3F)cc(F)c2n1. The van der Waals surface area contributed by atoms with E-state index in [0.717, 1.165) is 23.0 Å². The molecular weight excluding hydrogens is 426 g/mol. The normalized spacial score (nSPS) is 18.9. The summed E-state index contributed by atoms with van der Waals surface area (Å²) in [7, 11) is 0. The maximum atomic E-state index is 14.6. The Balaban J connectivity index is 1.59. The number of nitrogens with zero attached hydrogens (tertiary/aromatic N) is 3. The Morgan fingerprint density at radius 2 is 1.97 bits per heavy atom. The van der Waals surface area contributed by atoms with E-state index in [9.17, 15) is 23.5 Å². The van der Waals surface area contributed by atoms with Gasteiger partial charge in [-0.2, -0.15) is 0 Å². The third-order valence-electron chi connectivity index (χ3n) is 5.19. The highest BCUT2D eigenvalue weighted by molar-refractivity contribution is 7.15. The van der Waals surface area contributed by atoms with E-state index in [1.807, 2.05) is 0 Å². The van der Waals surface area contributed by atoms with Gasteiger partial charge in [0.15, 0.2) is 11.5 Å². The largest absolute Gasteiger partial charge is 0.465 e. The number of fused-ring (bicyclic) bond motifs is 1. The van der Waals surface area contributed by atoms with Crippen LogP contribution in [0.4, 0.5) is 19.3 Å². The summed E-state index contributed by atoms with van der Waals surface area (Å²) >= 11 is 0.985. The molecule has 0 unspecified atom stereocenters. The highest BCUT2D eigenvalue weighted by Crippen LogP contribution is 2.35. The lowest BCUT2D eigenvalue weighted by Gasteiger charge is -2.35. The van der Waals surface area contributed by atoms with Crippen molar-refractivity contribution in [1.82, 2.24) is 14.3 Å². The first kappa shape index (κ1) is 21.0. The third-order valence-corrected chi connectivity index (χ3v) is 6.37. The summed E-state index contributed by atoms with van der Waals surface area (Å²) < 4.78 is 30.3. The van der Waals surface area contributed by atoms with E-state index >= 15 is 0 Å². The number of amides is 2. The number of anilines is 1. The zero-order valence-corrected chi connectivity index (χ0v) is 17.8. The minimum absolute atomic E-state index is 0.126. The van der Waals surface area contributed by atoms with E-state index in [1.165, 1.54) is 21.6 Å². The van der Waals surface area contributed by atoms with Gasteiger partial charge in [0.2, 0.25) is 0 Å². The molecule has 7 nitrogen and oxygen atoms in total. The lowest BCUT2D eigenvalue weighted by Crippen LogP contribution is -2.45. The molecule has 2 amide bonds. The zero-order valence-electron chi connectivity index (χ0n) is 17.0. The Morgan fingerprint density at radius 3 is 2.65 bits per heavy atom. The van der Waals surface area contributed by atoms with Crippen LogP contribution in [0.15, 0.2) is 30.6 Å². The Labute approximate surface area is 180 Å². The van der Waals surface area contributed by atoms with E-state index in [2.05, 4.69) is 10.3 Å². The maximum absolute atomic E-state index is 14.6. The van der Waals surface area contributed by atoms with Crippen LogP contribution in [-0.2, 0) is 0 Å². The van der Waals surface area contributed by atoms with Crippen LogP contribution in [0.5, 0.6) is 0 Å². The molecule has 0 saturated carbocycles. The summed E-state index contributed by atoms with van der Waals surface area (Å²) in [6.45, 7) is 5.27. The summed E-state index contributed by atoms with van der Waals surface area (Å²) in [5.41, 5.74) is 1.74. The van der Waals surface area contributed by atoms with Gasteiger partial charge in [-0.3, -0.25) is 9.69 Å². The van der Waals surface area contributed by atoms with Crippen LogP contribution in [0.1, 0.15) is 40.5 Å². The van der Waals surface area contributed by atoms with Gasteiger partial charge in [0.25, 0.3) is 5.91 Å². The van der Waals surface area contributed by atoms with Crippen molar-refractivity contribution < 1.29 is 23.5 Å². The second-order valence-corrected chi connectivity index (χ2v) is 8.66. The van der Waals surface area contributed by atoms with E-state index in [1.54, 1.807) is 33.0 Å². The van der Waals surface area contributed by atoms with Crippen molar-refractivity contribution in [3.8, 4) is 0 Å². The number of aromatic nitrogens is 2. The lowest BCUT2D eigenvalue weighted by molar-refractivity contribution is 0.102. The molecule has 0 saturated heterocycles. The number of imidazole rings is 1. The first-order chi connectivity index (χ1) is 14.6. The first-order valence-electron chi connectivity index (χ1n) is 9.62. The minimum atomic E-state index is -1.01. The van der Waals surface area contributed by atoms with Gasteiger partial charge in [-0.15, -0.1) is 11.3 Å². The van der Waals surface area contributed by atoms with Gasteiger partial charge in [0, 0.05) is 29.4 Å². The zero-order chi connectivity index (χ0) is 22.4. The molecule has 0 aliphatic carbocycles. The summed E-state index contributed by atoms with van der Waals surface area (Å²) in [6, 6.07) is 1.78. The standard InChI is InChI=1S/C21H20F2N4O3S/c1-10-8-26-9-14(6-16(23)19(26)24-10)25-20(28)18-15(22)7-17(31-18)13-4-11(2)27(21(29)30)12(3)5-13/h4,6-9,11-12H,5H2,1-3H3,(H,25,28)(H,29,30)/t11-,12+/m1/s1. The Kier molecular flexibility index (Phi) is 5.26. The highest BCUT2D eigenvalue weighted by Gasteiger charge is 2.30. The molecule has 31 heavy (non-hydrogen) atoms. The van der Waals surface area contributed by atoms with Gasteiger partial charge in [0.1, 0.15) is 10.7 Å². The fourth-order valence-corrected chi connectivity index (χ4v) is 4.89. The van der Waals surface area contributed by atoms with Gasteiger partial charge < -0.3 is 14.8 Å². The molecule has 1 aliphatic heterocycles. The van der Waals surface area contributed by atoms with Crippen LogP contribution in [0.2, 0.25) is 0 Å². The molecule has 0 aromatic carbocycles. The van der Waals surface area contributed by atoms with Gasteiger partial charge in [0.05, 0.1) is 17.4 Å². The van der Waals surface area contributed by atoms with Gasteiger partial charge >= 0.3 is 6.09 Å². The molecular formula is C21H20F2N4O3S. The number of pyridine rings is 1. The summed E-state index contributed by atoms with van der Waals surface area (Å²) in [5, 5.41) is 11.9. The molecule has 0 radical (unpaired) electrons. The van der Waals surface area contributed by atoms with Gasteiger partial charge in [-0.1, -0.05) is 6.08 Å². The van der Waals surface area contributed by atoms with Crippen LogP contribution in [0, 0.1) is 18.6 Å². The first-order valence-corrected chi connectivity index (χ1v) is 10.4. The number of hydrogen-bond donors (Lipinski definition) is 2. The number of nitrogens with one attached hydrogen (secondary N) is 1. The molecule has 4 rings (SSSR count). The number of halogens is 2. The van der Waals surface area contributed by atoms with Crippen LogP contribution in [0.25, 0.3) is 11.2 Å². The second-order valence-electron chi connectivity index (χ2n) is 7.61. The predicted octanol–water partition coefficient (Wildman–Crippen LogP) is 4.78. The Bertz CT molecular complexity index is 1230. The van der Waals surface area contributed by atoms with Crippen LogP contribution >= 0.6 is 11.3 Å². The minimum Gasteiger partial charge on any atom is -0.465 e.